The van der Waals surface area contributed by atoms with E-state index in [1.54, 1.807) is 0 Å². The van der Waals surface area contributed by atoms with E-state index in [1.165, 1.54) is 7.11 Å². The fourth-order valence-corrected chi connectivity index (χ4v) is 0.598. The first-order chi connectivity index (χ1) is 5.26. The summed E-state index contributed by atoms with van der Waals surface area (Å²) < 4.78 is 4.74. The Morgan fingerprint density at radius 1 is 1.36 bits per heavy atom. The van der Waals surface area contributed by atoms with E-state index in [0.29, 0.717) is 5.82 Å². The molecule has 60 valence electrons. The molecular formula is C5H9N5O. The molecule has 1 heterocycles. The quantitative estimate of drug-likeness (QED) is 0.563. The smallest absolute Gasteiger partial charge is 0.321 e. The van der Waals surface area contributed by atoms with Crippen LogP contribution in [0.1, 0.15) is 5.82 Å². The Bertz CT molecular complexity index is 228. The van der Waals surface area contributed by atoms with Crippen LogP contribution < -0.4 is 16.2 Å². The minimum Gasteiger partial charge on any atom is -0.467 e. The fraction of sp³-hybridized carbons (Fsp3) is 0.400. The van der Waals surface area contributed by atoms with Gasteiger partial charge in [0.1, 0.15) is 0 Å². The van der Waals surface area contributed by atoms with Crippen LogP contribution in [0.2, 0.25) is 0 Å². The van der Waals surface area contributed by atoms with Crippen molar-refractivity contribution in [2.24, 2.45) is 5.73 Å². The minimum absolute atomic E-state index is 0.123. The number of hydrogen-bond donors (Lipinski definition) is 2. The number of anilines is 1. The van der Waals surface area contributed by atoms with Crippen LogP contribution in [0, 0.1) is 0 Å². The average molecular weight is 155 g/mol. The van der Waals surface area contributed by atoms with Gasteiger partial charge in [0.25, 0.3) is 0 Å². The summed E-state index contributed by atoms with van der Waals surface area (Å²) in [7, 11) is 1.45. The first kappa shape index (κ1) is 7.67. The lowest BCUT2D eigenvalue weighted by molar-refractivity contribution is 0.376. The third kappa shape index (κ3) is 1.74. The zero-order chi connectivity index (χ0) is 8.27. The molecule has 0 amide bonds. The number of rotatable bonds is 2. The van der Waals surface area contributed by atoms with Gasteiger partial charge >= 0.3 is 6.01 Å². The van der Waals surface area contributed by atoms with Crippen LogP contribution in [0.5, 0.6) is 6.01 Å². The molecule has 6 heteroatoms. The molecule has 0 aliphatic heterocycles. The molecule has 0 aliphatic carbocycles. The van der Waals surface area contributed by atoms with Gasteiger partial charge in [-0.3, -0.25) is 0 Å². The van der Waals surface area contributed by atoms with Gasteiger partial charge in [-0.1, -0.05) is 0 Å². The molecule has 0 saturated heterocycles. The summed E-state index contributed by atoms with van der Waals surface area (Å²) >= 11 is 0. The second kappa shape index (κ2) is 3.11. The van der Waals surface area contributed by atoms with Crippen molar-refractivity contribution in [2.45, 2.75) is 6.54 Å². The molecule has 0 atom stereocenters. The maximum Gasteiger partial charge on any atom is 0.321 e. The molecule has 0 aliphatic rings. The van der Waals surface area contributed by atoms with Crippen molar-refractivity contribution in [2.75, 3.05) is 12.8 Å². The highest BCUT2D eigenvalue weighted by Crippen LogP contribution is 2.02. The second-order valence-electron chi connectivity index (χ2n) is 1.80. The molecule has 1 aromatic rings. The van der Waals surface area contributed by atoms with Crippen LogP contribution in [-0.4, -0.2) is 22.1 Å². The third-order valence-electron chi connectivity index (χ3n) is 1.04. The molecule has 11 heavy (non-hydrogen) atoms. The van der Waals surface area contributed by atoms with Crippen LogP contribution in [-0.2, 0) is 6.54 Å². The minimum atomic E-state index is 0.123. The van der Waals surface area contributed by atoms with Gasteiger partial charge in [-0.15, -0.1) is 0 Å². The van der Waals surface area contributed by atoms with Gasteiger partial charge in [-0.25, -0.2) is 0 Å². The summed E-state index contributed by atoms with van der Waals surface area (Å²) in [5.41, 5.74) is 10.6. The standard InChI is InChI=1S/C5H9N5O/c1-11-5-9-3(2-6)8-4(7)10-5/h2,6H2,1H3,(H2,7,8,9,10). The van der Waals surface area contributed by atoms with Crippen molar-refractivity contribution < 1.29 is 4.74 Å². The molecule has 1 rings (SSSR count). The first-order valence-corrected chi connectivity index (χ1v) is 3.00. The van der Waals surface area contributed by atoms with Crippen molar-refractivity contribution in [1.29, 1.82) is 0 Å². The van der Waals surface area contributed by atoms with E-state index in [-0.39, 0.29) is 18.5 Å². The molecule has 6 nitrogen and oxygen atoms in total. The Hall–Kier alpha value is -1.43. The highest BCUT2D eigenvalue weighted by molar-refractivity contribution is 5.17. The van der Waals surface area contributed by atoms with Gasteiger partial charge < -0.3 is 16.2 Å². The molecule has 0 aromatic carbocycles. The van der Waals surface area contributed by atoms with Crippen molar-refractivity contribution in [3.05, 3.63) is 5.82 Å². The van der Waals surface area contributed by atoms with E-state index in [9.17, 15) is 0 Å². The van der Waals surface area contributed by atoms with E-state index in [4.69, 9.17) is 16.2 Å². The maximum absolute atomic E-state index is 5.31. The summed E-state index contributed by atoms with van der Waals surface area (Å²) in [6.45, 7) is 0.225. The van der Waals surface area contributed by atoms with Crippen molar-refractivity contribution >= 4 is 5.95 Å². The van der Waals surface area contributed by atoms with Gasteiger partial charge in [-0.05, 0) is 0 Å². The van der Waals surface area contributed by atoms with E-state index >= 15 is 0 Å². The average Bonchev–Trinajstić information content (AvgIpc) is 2.03. The lowest BCUT2D eigenvalue weighted by Gasteiger charge is -1.99. The first-order valence-electron chi connectivity index (χ1n) is 3.00. The van der Waals surface area contributed by atoms with E-state index < -0.39 is 0 Å². The number of nitrogens with zero attached hydrogens (tertiary/aromatic N) is 3. The van der Waals surface area contributed by atoms with E-state index in [0.717, 1.165) is 0 Å². The molecule has 0 radical (unpaired) electrons. The van der Waals surface area contributed by atoms with Crippen LogP contribution in [0.3, 0.4) is 0 Å². The van der Waals surface area contributed by atoms with Crippen LogP contribution in [0.4, 0.5) is 5.95 Å². The molecule has 0 saturated carbocycles. The number of methoxy groups -OCH3 is 1. The summed E-state index contributed by atoms with van der Waals surface area (Å²) in [6, 6.07) is 0.193. The maximum atomic E-state index is 5.31. The highest BCUT2D eigenvalue weighted by Gasteiger charge is 2.00. The van der Waals surface area contributed by atoms with Crippen molar-refractivity contribution in [3.63, 3.8) is 0 Å². The fourth-order valence-electron chi connectivity index (χ4n) is 0.598. The summed E-state index contributed by atoms with van der Waals surface area (Å²) in [5.74, 6) is 0.548. The molecule has 1 aromatic heterocycles. The molecule has 0 unspecified atom stereocenters. The summed E-state index contributed by atoms with van der Waals surface area (Å²) in [5, 5.41) is 0. The van der Waals surface area contributed by atoms with Gasteiger partial charge in [0, 0.05) is 0 Å². The zero-order valence-corrected chi connectivity index (χ0v) is 6.11. The topological polar surface area (TPSA) is 99.9 Å². The lowest BCUT2D eigenvalue weighted by atomic mass is 10.6. The molecule has 0 fully saturated rings. The Morgan fingerprint density at radius 3 is 2.64 bits per heavy atom. The van der Waals surface area contributed by atoms with Gasteiger partial charge in [0.15, 0.2) is 5.82 Å². The lowest BCUT2D eigenvalue weighted by Crippen LogP contribution is -2.08. The van der Waals surface area contributed by atoms with Gasteiger partial charge in [-0.2, -0.15) is 15.0 Å². The largest absolute Gasteiger partial charge is 0.467 e. The molecular weight excluding hydrogens is 146 g/mol. The second-order valence-corrected chi connectivity index (χ2v) is 1.80. The van der Waals surface area contributed by atoms with Crippen molar-refractivity contribution in [3.8, 4) is 6.01 Å². The normalized spacial score (nSPS) is 9.64. The van der Waals surface area contributed by atoms with Gasteiger partial charge in [0.2, 0.25) is 5.95 Å². The number of nitrogens with two attached hydrogens (primary N) is 2. The van der Waals surface area contributed by atoms with E-state index in [1.807, 2.05) is 0 Å². The Morgan fingerprint density at radius 2 is 2.09 bits per heavy atom. The number of aromatic nitrogens is 3. The Labute approximate surface area is 63.6 Å². The van der Waals surface area contributed by atoms with Crippen LogP contribution in [0.25, 0.3) is 0 Å². The SMILES string of the molecule is COc1nc(N)nc(CN)n1. The summed E-state index contributed by atoms with van der Waals surface area (Å²) in [6.07, 6.45) is 0. The number of ether oxygens (including phenoxy) is 1. The van der Waals surface area contributed by atoms with Crippen LogP contribution in [0.15, 0.2) is 0 Å². The zero-order valence-electron chi connectivity index (χ0n) is 6.11. The van der Waals surface area contributed by atoms with Crippen molar-refractivity contribution in [1.82, 2.24) is 15.0 Å². The third-order valence-corrected chi connectivity index (χ3v) is 1.04. The monoisotopic (exact) mass is 155 g/mol. The number of hydrogen-bond acceptors (Lipinski definition) is 6. The Kier molecular flexibility index (Phi) is 2.17. The predicted octanol–water partition coefficient (Wildman–Crippen LogP) is -1.08. The predicted molar refractivity (Wildman–Crippen MR) is 38.7 cm³/mol. The van der Waals surface area contributed by atoms with Crippen LogP contribution >= 0.6 is 0 Å². The molecule has 0 bridgehead atoms. The van der Waals surface area contributed by atoms with Gasteiger partial charge in [0.05, 0.1) is 13.7 Å². The summed E-state index contributed by atoms with van der Waals surface area (Å²) in [4.78, 5) is 11.2. The highest BCUT2D eigenvalue weighted by atomic mass is 16.5. The molecule has 4 N–H and O–H groups in total. The van der Waals surface area contributed by atoms with E-state index in [2.05, 4.69) is 15.0 Å². The Balaban J connectivity index is 3.02. The molecule has 0 spiro atoms. The number of nitrogen functional groups attached to an aromatic ring is 1.